The minimum Gasteiger partial charge on any atom is -0.353 e. The number of hydrogen-bond acceptors (Lipinski definition) is 1. The number of hydrogen-bond donors (Lipinski definition) is 1. The van der Waals surface area contributed by atoms with Crippen LogP contribution in [0.1, 0.15) is 51.9 Å². The maximum atomic E-state index is 11.1. The van der Waals surface area contributed by atoms with Gasteiger partial charge >= 0.3 is 0 Å². The lowest BCUT2D eigenvalue weighted by Gasteiger charge is -2.41. The summed E-state index contributed by atoms with van der Waals surface area (Å²) >= 11 is 0. The third-order valence-corrected chi connectivity index (χ3v) is 3.96. The lowest BCUT2D eigenvalue weighted by atomic mass is 9.68. The third kappa shape index (κ3) is 2.10. The van der Waals surface area contributed by atoms with E-state index in [9.17, 15) is 4.79 Å². The highest BCUT2D eigenvalue weighted by Crippen LogP contribution is 2.40. The van der Waals surface area contributed by atoms with E-state index in [1.807, 2.05) is 0 Å². The van der Waals surface area contributed by atoms with Crippen LogP contribution in [0.3, 0.4) is 0 Å². The summed E-state index contributed by atoms with van der Waals surface area (Å²) in [5, 5.41) is 3.14. The number of amides is 1. The molecule has 0 aromatic carbocycles. The van der Waals surface area contributed by atoms with Crippen LogP contribution in [0.4, 0.5) is 0 Å². The minimum absolute atomic E-state index is 0.154. The molecular formula is C12H21NO. The largest absolute Gasteiger partial charge is 0.353 e. The molecule has 2 aliphatic carbocycles. The van der Waals surface area contributed by atoms with Gasteiger partial charge in [0.15, 0.2) is 0 Å². The summed E-state index contributed by atoms with van der Waals surface area (Å²) in [7, 11) is 0. The fraction of sp³-hybridized carbons (Fsp3) is 0.917. The summed E-state index contributed by atoms with van der Waals surface area (Å²) in [4.78, 5) is 11.1. The van der Waals surface area contributed by atoms with Crippen molar-refractivity contribution in [3.8, 4) is 0 Å². The monoisotopic (exact) mass is 195 g/mol. The second kappa shape index (κ2) is 4.33. The molecule has 0 aromatic heterocycles. The van der Waals surface area contributed by atoms with Crippen LogP contribution in [-0.2, 0) is 4.79 Å². The number of nitrogens with one attached hydrogen (secondary N) is 1. The predicted molar refractivity (Wildman–Crippen MR) is 56.9 cm³/mol. The molecule has 2 heteroatoms. The molecule has 0 aliphatic heterocycles. The maximum absolute atomic E-state index is 11.1. The Morgan fingerprint density at radius 3 is 2.57 bits per heavy atom. The van der Waals surface area contributed by atoms with Crippen molar-refractivity contribution in [2.75, 3.05) is 0 Å². The van der Waals surface area contributed by atoms with Gasteiger partial charge in [0.2, 0.25) is 5.91 Å². The van der Waals surface area contributed by atoms with Gasteiger partial charge in [-0.15, -0.1) is 0 Å². The van der Waals surface area contributed by atoms with E-state index in [1.165, 1.54) is 44.9 Å². The molecule has 14 heavy (non-hydrogen) atoms. The van der Waals surface area contributed by atoms with Gasteiger partial charge in [-0.2, -0.15) is 0 Å². The highest BCUT2D eigenvalue weighted by Gasteiger charge is 2.34. The molecule has 1 N–H and O–H groups in total. The predicted octanol–water partition coefficient (Wildman–Crippen LogP) is 2.48. The highest BCUT2D eigenvalue weighted by molar-refractivity contribution is 5.73. The fourth-order valence-corrected chi connectivity index (χ4v) is 3.38. The number of carbonyl (C=O) groups is 1. The summed E-state index contributed by atoms with van der Waals surface area (Å²) in [5.74, 6) is 1.86. The van der Waals surface area contributed by atoms with Crippen LogP contribution in [0.25, 0.3) is 0 Å². The molecule has 2 rings (SSSR count). The zero-order chi connectivity index (χ0) is 9.97. The van der Waals surface area contributed by atoms with E-state index in [0.29, 0.717) is 6.04 Å². The minimum atomic E-state index is 0.154. The molecule has 0 spiro atoms. The highest BCUT2D eigenvalue weighted by atomic mass is 16.1. The Hall–Kier alpha value is -0.530. The molecule has 2 aliphatic rings. The van der Waals surface area contributed by atoms with Gasteiger partial charge in [0.05, 0.1) is 0 Å². The van der Waals surface area contributed by atoms with Gasteiger partial charge in [0.1, 0.15) is 0 Å². The Kier molecular flexibility index (Phi) is 3.09. The van der Waals surface area contributed by atoms with Crippen molar-refractivity contribution in [2.24, 2.45) is 11.8 Å². The zero-order valence-corrected chi connectivity index (χ0v) is 9.09. The lowest BCUT2D eigenvalue weighted by molar-refractivity contribution is -0.120. The van der Waals surface area contributed by atoms with Crippen LogP contribution in [-0.4, -0.2) is 11.9 Å². The second-order valence-corrected chi connectivity index (χ2v) is 4.95. The molecule has 0 bridgehead atoms. The number of fused-ring (bicyclic) bond motifs is 1. The van der Waals surface area contributed by atoms with E-state index in [0.717, 1.165) is 11.8 Å². The summed E-state index contributed by atoms with van der Waals surface area (Å²) in [6, 6.07) is 0.492. The van der Waals surface area contributed by atoms with E-state index >= 15 is 0 Å². The summed E-state index contributed by atoms with van der Waals surface area (Å²) < 4.78 is 0. The van der Waals surface area contributed by atoms with Gasteiger partial charge in [-0.3, -0.25) is 4.79 Å². The van der Waals surface area contributed by atoms with E-state index in [-0.39, 0.29) is 5.91 Å². The van der Waals surface area contributed by atoms with Crippen molar-refractivity contribution < 1.29 is 4.79 Å². The summed E-state index contributed by atoms with van der Waals surface area (Å²) in [6.07, 6.45) is 9.45. The van der Waals surface area contributed by atoms with Gasteiger partial charge in [-0.25, -0.2) is 0 Å². The Morgan fingerprint density at radius 1 is 1.07 bits per heavy atom. The van der Waals surface area contributed by atoms with Crippen LogP contribution in [0.15, 0.2) is 0 Å². The van der Waals surface area contributed by atoms with Gasteiger partial charge in [0, 0.05) is 13.0 Å². The topological polar surface area (TPSA) is 29.1 Å². The molecule has 2 fully saturated rings. The van der Waals surface area contributed by atoms with Crippen LogP contribution in [0, 0.1) is 11.8 Å². The first-order valence-corrected chi connectivity index (χ1v) is 6.04. The molecule has 3 atom stereocenters. The Balaban J connectivity index is 1.97. The molecule has 2 saturated carbocycles. The normalized spacial score (nSPS) is 37.4. The first-order valence-electron chi connectivity index (χ1n) is 6.04. The molecule has 0 heterocycles. The Labute approximate surface area is 86.5 Å². The van der Waals surface area contributed by atoms with Crippen LogP contribution in [0.5, 0.6) is 0 Å². The third-order valence-electron chi connectivity index (χ3n) is 3.96. The quantitative estimate of drug-likeness (QED) is 0.684. The van der Waals surface area contributed by atoms with Crippen LogP contribution in [0.2, 0.25) is 0 Å². The molecule has 0 saturated heterocycles. The molecule has 1 amide bonds. The van der Waals surface area contributed by atoms with Gasteiger partial charge in [-0.1, -0.05) is 32.1 Å². The molecule has 0 radical (unpaired) electrons. The van der Waals surface area contributed by atoms with Gasteiger partial charge in [0.25, 0.3) is 0 Å². The Morgan fingerprint density at radius 2 is 1.79 bits per heavy atom. The van der Waals surface area contributed by atoms with Gasteiger partial charge < -0.3 is 5.32 Å². The smallest absolute Gasteiger partial charge is 0.217 e. The van der Waals surface area contributed by atoms with Crippen molar-refractivity contribution in [1.82, 2.24) is 5.32 Å². The van der Waals surface area contributed by atoms with E-state index in [4.69, 9.17) is 0 Å². The van der Waals surface area contributed by atoms with Gasteiger partial charge in [-0.05, 0) is 24.7 Å². The van der Waals surface area contributed by atoms with E-state index < -0.39 is 0 Å². The fourth-order valence-electron chi connectivity index (χ4n) is 3.38. The molecule has 80 valence electrons. The maximum Gasteiger partial charge on any atom is 0.217 e. The van der Waals surface area contributed by atoms with Crippen molar-refractivity contribution in [1.29, 1.82) is 0 Å². The Bertz CT molecular complexity index is 212. The first kappa shape index (κ1) is 10.0. The van der Waals surface area contributed by atoms with Crippen molar-refractivity contribution in [3.05, 3.63) is 0 Å². The second-order valence-electron chi connectivity index (χ2n) is 4.95. The average molecular weight is 195 g/mol. The standard InChI is InChI=1S/C12H21NO/c1-9(14)13-12-8-4-6-10-5-2-3-7-11(10)12/h10-12H,2-8H2,1H3,(H,13,14)/t10?,11?,12-/m1/s1. The van der Waals surface area contributed by atoms with E-state index in [2.05, 4.69) is 5.32 Å². The molecule has 2 nitrogen and oxygen atoms in total. The van der Waals surface area contributed by atoms with Crippen molar-refractivity contribution in [2.45, 2.75) is 57.9 Å². The lowest BCUT2D eigenvalue weighted by Crippen LogP contribution is -2.45. The summed E-state index contributed by atoms with van der Waals surface area (Å²) in [6.45, 7) is 1.65. The number of rotatable bonds is 1. The molecule has 0 aromatic rings. The molecular weight excluding hydrogens is 174 g/mol. The zero-order valence-electron chi connectivity index (χ0n) is 9.09. The van der Waals surface area contributed by atoms with E-state index in [1.54, 1.807) is 6.92 Å². The van der Waals surface area contributed by atoms with Crippen molar-refractivity contribution in [3.63, 3.8) is 0 Å². The summed E-state index contributed by atoms with van der Waals surface area (Å²) in [5.41, 5.74) is 0. The van der Waals surface area contributed by atoms with Crippen LogP contribution < -0.4 is 5.32 Å². The average Bonchev–Trinajstić information content (AvgIpc) is 2.18. The number of carbonyl (C=O) groups excluding carboxylic acids is 1. The van der Waals surface area contributed by atoms with Crippen molar-refractivity contribution >= 4 is 5.91 Å². The first-order chi connectivity index (χ1) is 6.77. The van der Waals surface area contributed by atoms with Crippen LogP contribution >= 0.6 is 0 Å². The SMILES string of the molecule is CC(=O)N[C@@H]1CCCC2CCCCC21. The molecule has 2 unspecified atom stereocenters.